The Hall–Kier alpha value is -2.24. The number of thiazole rings is 1. The molecule has 2 aromatic carbocycles. The van der Waals surface area contributed by atoms with Gasteiger partial charge in [-0.15, -0.1) is 0 Å². The van der Waals surface area contributed by atoms with Gasteiger partial charge in [-0.25, -0.2) is 4.98 Å². The Morgan fingerprint density at radius 2 is 1.96 bits per heavy atom. The van der Waals surface area contributed by atoms with Crippen molar-refractivity contribution in [3.8, 4) is 0 Å². The molecular formula is C19H19N3OS. The maximum Gasteiger partial charge on any atom is 0.243 e. The van der Waals surface area contributed by atoms with Crippen LogP contribution in [-0.2, 0) is 11.3 Å². The number of nitrogens with zero attached hydrogens (tertiary/aromatic N) is 2. The molecular weight excluding hydrogens is 318 g/mol. The molecule has 0 spiro atoms. The summed E-state index contributed by atoms with van der Waals surface area (Å²) in [6, 6.07) is 18.2. The molecule has 4 nitrogen and oxygen atoms in total. The number of benzene rings is 2. The molecule has 3 aromatic rings. The predicted octanol–water partition coefficient (Wildman–Crippen LogP) is 3.90. The number of aromatic nitrogens is 1. The standard InChI is InChI=1S/C19H19N3OS/c23-18(21-19-20-15-9-4-5-11-17(15)24-19)16-10-6-12-22(16)13-14-7-2-1-3-8-14/h1-5,7-9,11,16H,6,10,12-13H2,(H,20,21,23). The van der Waals surface area contributed by atoms with Crippen LogP contribution >= 0.6 is 11.3 Å². The van der Waals surface area contributed by atoms with Gasteiger partial charge in [0.2, 0.25) is 5.91 Å². The summed E-state index contributed by atoms with van der Waals surface area (Å²) in [6.07, 6.45) is 1.97. The zero-order valence-electron chi connectivity index (χ0n) is 13.3. The minimum atomic E-state index is -0.0720. The molecule has 4 rings (SSSR count). The van der Waals surface area contributed by atoms with E-state index in [-0.39, 0.29) is 11.9 Å². The van der Waals surface area contributed by atoms with E-state index in [0.717, 1.165) is 36.1 Å². The molecule has 2 heterocycles. The van der Waals surface area contributed by atoms with Crippen molar-refractivity contribution in [3.05, 3.63) is 60.2 Å². The minimum Gasteiger partial charge on any atom is -0.301 e. The van der Waals surface area contributed by atoms with E-state index in [1.54, 1.807) is 0 Å². The van der Waals surface area contributed by atoms with Crippen molar-refractivity contribution in [2.24, 2.45) is 0 Å². The number of fused-ring (bicyclic) bond motifs is 1. The van der Waals surface area contributed by atoms with Crippen LogP contribution in [0.4, 0.5) is 5.13 Å². The van der Waals surface area contributed by atoms with Crippen molar-refractivity contribution in [1.29, 1.82) is 0 Å². The van der Waals surface area contributed by atoms with Gasteiger partial charge in [0.25, 0.3) is 0 Å². The second kappa shape index (κ2) is 6.71. The van der Waals surface area contributed by atoms with Crippen molar-refractivity contribution >= 4 is 32.6 Å². The molecule has 5 heteroatoms. The van der Waals surface area contributed by atoms with E-state index in [1.807, 2.05) is 42.5 Å². The van der Waals surface area contributed by atoms with Gasteiger partial charge in [-0.05, 0) is 37.1 Å². The number of likely N-dealkylation sites (tertiary alicyclic amines) is 1. The smallest absolute Gasteiger partial charge is 0.243 e. The van der Waals surface area contributed by atoms with Crippen LogP contribution in [0.3, 0.4) is 0 Å². The maximum atomic E-state index is 12.7. The number of rotatable bonds is 4. The maximum absolute atomic E-state index is 12.7. The summed E-state index contributed by atoms with van der Waals surface area (Å²) >= 11 is 1.53. The fourth-order valence-corrected chi connectivity index (χ4v) is 4.11. The topological polar surface area (TPSA) is 45.2 Å². The van der Waals surface area contributed by atoms with Crippen LogP contribution in [-0.4, -0.2) is 28.4 Å². The summed E-state index contributed by atoms with van der Waals surface area (Å²) in [5.41, 5.74) is 2.18. The number of nitrogens with one attached hydrogen (secondary N) is 1. The lowest BCUT2D eigenvalue weighted by Gasteiger charge is -2.23. The third kappa shape index (κ3) is 3.18. The van der Waals surface area contributed by atoms with Gasteiger partial charge in [0.05, 0.1) is 16.3 Å². The molecule has 1 amide bonds. The predicted molar refractivity (Wildman–Crippen MR) is 98.1 cm³/mol. The number of anilines is 1. The second-order valence-electron chi connectivity index (χ2n) is 6.09. The molecule has 24 heavy (non-hydrogen) atoms. The van der Waals surface area contributed by atoms with Crippen LogP contribution in [0.2, 0.25) is 0 Å². The van der Waals surface area contributed by atoms with Crippen molar-refractivity contribution < 1.29 is 4.79 Å². The molecule has 1 N–H and O–H groups in total. The molecule has 0 aliphatic carbocycles. The Morgan fingerprint density at radius 3 is 2.79 bits per heavy atom. The molecule has 1 aromatic heterocycles. The Morgan fingerprint density at radius 1 is 1.17 bits per heavy atom. The number of amides is 1. The molecule has 1 unspecified atom stereocenters. The van der Waals surface area contributed by atoms with E-state index in [4.69, 9.17) is 0 Å². The largest absolute Gasteiger partial charge is 0.301 e. The highest BCUT2D eigenvalue weighted by atomic mass is 32.1. The van der Waals surface area contributed by atoms with Gasteiger partial charge in [-0.1, -0.05) is 53.8 Å². The molecule has 1 fully saturated rings. The molecule has 1 aliphatic rings. The normalized spacial score (nSPS) is 18.1. The molecule has 1 atom stereocenters. The minimum absolute atomic E-state index is 0.0579. The van der Waals surface area contributed by atoms with E-state index in [9.17, 15) is 4.79 Å². The van der Waals surface area contributed by atoms with Crippen LogP contribution in [0.5, 0.6) is 0 Å². The molecule has 0 bridgehead atoms. The van der Waals surface area contributed by atoms with Gasteiger partial charge in [-0.3, -0.25) is 9.69 Å². The average Bonchev–Trinajstić information content (AvgIpc) is 3.21. The van der Waals surface area contributed by atoms with Gasteiger partial charge >= 0.3 is 0 Å². The Labute approximate surface area is 145 Å². The summed E-state index contributed by atoms with van der Waals surface area (Å²) in [7, 11) is 0. The molecule has 1 saturated heterocycles. The van der Waals surface area contributed by atoms with Gasteiger partial charge in [-0.2, -0.15) is 0 Å². The number of carbonyl (C=O) groups excluding carboxylic acids is 1. The van der Waals surface area contributed by atoms with Gasteiger partial charge < -0.3 is 5.32 Å². The van der Waals surface area contributed by atoms with Gasteiger partial charge in [0.15, 0.2) is 5.13 Å². The van der Waals surface area contributed by atoms with Crippen LogP contribution in [0, 0.1) is 0 Å². The quantitative estimate of drug-likeness (QED) is 0.785. The van der Waals surface area contributed by atoms with Crippen molar-refractivity contribution in [1.82, 2.24) is 9.88 Å². The highest BCUT2D eigenvalue weighted by Crippen LogP contribution is 2.27. The lowest BCUT2D eigenvalue weighted by Crippen LogP contribution is -2.39. The Bertz CT molecular complexity index is 813. The van der Waals surface area contributed by atoms with Crippen molar-refractivity contribution in [2.75, 3.05) is 11.9 Å². The fourth-order valence-electron chi connectivity index (χ4n) is 3.24. The average molecular weight is 337 g/mol. The third-order valence-electron chi connectivity index (χ3n) is 4.42. The number of para-hydroxylation sites is 1. The molecule has 1 aliphatic heterocycles. The van der Waals surface area contributed by atoms with E-state index in [1.165, 1.54) is 16.9 Å². The van der Waals surface area contributed by atoms with Crippen LogP contribution < -0.4 is 5.32 Å². The Balaban J connectivity index is 1.46. The zero-order chi connectivity index (χ0) is 16.4. The number of hydrogen-bond acceptors (Lipinski definition) is 4. The van der Waals surface area contributed by atoms with Gasteiger partial charge in [0.1, 0.15) is 0 Å². The lowest BCUT2D eigenvalue weighted by molar-refractivity contribution is -0.120. The number of hydrogen-bond donors (Lipinski definition) is 1. The summed E-state index contributed by atoms with van der Waals surface area (Å²) in [6.45, 7) is 1.78. The first-order valence-corrected chi connectivity index (χ1v) is 9.06. The van der Waals surface area contributed by atoms with Crippen LogP contribution in [0.25, 0.3) is 10.2 Å². The summed E-state index contributed by atoms with van der Waals surface area (Å²) in [4.78, 5) is 19.5. The monoisotopic (exact) mass is 337 g/mol. The third-order valence-corrected chi connectivity index (χ3v) is 5.37. The fraction of sp³-hybridized carbons (Fsp3) is 0.263. The van der Waals surface area contributed by atoms with Crippen molar-refractivity contribution in [3.63, 3.8) is 0 Å². The van der Waals surface area contributed by atoms with E-state index in [2.05, 4.69) is 27.3 Å². The van der Waals surface area contributed by atoms with E-state index >= 15 is 0 Å². The molecule has 0 saturated carbocycles. The Kier molecular flexibility index (Phi) is 4.28. The second-order valence-corrected chi connectivity index (χ2v) is 7.12. The number of carbonyl (C=O) groups is 1. The van der Waals surface area contributed by atoms with Gasteiger partial charge in [0, 0.05) is 6.54 Å². The first kappa shape index (κ1) is 15.3. The highest BCUT2D eigenvalue weighted by molar-refractivity contribution is 7.22. The van der Waals surface area contributed by atoms with Crippen LogP contribution in [0.1, 0.15) is 18.4 Å². The first-order valence-electron chi connectivity index (χ1n) is 8.24. The zero-order valence-corrected chi connectivity index (χ0v) is 14.1. The van der Waals surface area contributed by atoms with Crippen LogP contribution in [0.15, 0.2) is 54.6 Å². The highest BCUT2D eigenvalue weighted by Gasteiger charge is 2.31. The SMILES string of the molecule is O=C(Nc1nc2ccccc2s1)C1CCCN1Cc1ccccc1. The summed E-state index contributed by atoms with van der Waals surface area (Å²) in [5, 5.41) is 3.70. The van der Waals surface area contributed by atoms with Crippen molar-refractivity contribution in [2.45, 2.75) is 25.4 Å². The first-order chi connectivity index (χ1) is 11.8. The summed E-state index contributed by atoms with van der Waals surface area (Å²) in [5.74, 6) is 0.0579. The lowest BCUT2D eigenvalue weighted by atomic mass is 10.1. The molecule has 0 radical (unpaired) electrons. The molecule has 122 valence electrons. The summed E-state index contributed by atoms with van der Waals surface area (Å²) < 4.78 is 1.10. The van der Waals surface area contributed by atoms with E-state index in [0.29, 0.717) is 5.13 Å². The van der Waals surface area contributed by atoms with E-state index < -0.39 is 0 Å².